The van der Waals surface area contributed by atoms with Crippen LogP contribution in [0.4, 0.5) is 0 Å². The van der Waals surface area contributed by atoms with Gasteiger partial charge >= 0.3 is 0 Å². The van der Waals surface area contributed by atoms with Crippen molar-refractivity contribution >= 4 is 5.91 Å². The molecule has 3 aliphatic heterocycles. The van der Waals surface area contributed by atoms with E-state index < -0.39 is 0 Å². The molecule has 1 saturated carbocycles. The third-order valence-corrected chi connectivity index (χ3v) is 9.44. The van der Waals surface area contributed by atoms with Gasteiger partial charge in [0.05, 0.1) is 18.6 Å². The first kappa shape index (κ1) is 24.0. The Hall–Kier alpha value is -2.37. The van der Waals surface area contributed by atoms with E-state index in [1.807, 2.05) is 18.2 Å². The van der Waals surface area contributed by atoms with E-state index in [9.17, 15) is 4.79 Å². The zero-order chi connectivity index (χ0) is 24.7. The quantitative estimate of drug-likeness (QED) is 0.652. The molecule has 0 bridgehead atoms. The molecule has 6 rings (SSSR count). The van der Waals surface area contributed by atoms with Gasteiger partial charge in [-0.05, 0) is 73.7 Å². The van der Waals surface area contributed by atoms with Gasteiger partial charge in [-0.1, -0.05) is 56.3 Å². The number of ether oxygens (including phenoxy) is 1. The molecule has 1 aliphatic carbocycles. The predicted octanol–water partition coefficient (Wildman–Crippen LogP) is 5.09. The molecule has 2 aromatic carbocycles. The van der Waals surface area contributed by atoms with Gasteiger partial charge in [0, 0.05) is 31.2 Å². The van der Waals surface area contributed by atoms with Crippen LogP contribution < -0.4 is 10.1 Å². The van der Waals surface area contributed by atoms with Crippen LogP contribution in [0.5, 0.6) is 5.75 Å². The van der Waals surface area contributed by atoms with Crippen molar-refractivity contribution in [2.75, 3.05) is 39.3 Å². The van der Waals surface area contributed by atoms with E-state index in [0.29, 0.717) is 24.0 Å². The van der Waals surface area contributed by atoms with Crippen molar-refractivity contribution in [1.29, 1.82) is 0 Å². The smallest absolute Gasteiger partial charge is 0.230 e. The fourth-order valence-corrected chi connectivity index (χ4v) is 7.41. The number of fused-ring (bicyclic) bond motifs is 1. The molecule has 0 radical (unpaired) electrons. The van der Waals surface area contributed by atoms with Crippen LogP contribution in [0.1, 0.15) is 80.5 Å². The zero-order valence-corrected chi connectivity index (χ0v) is 21.9. The number of benzene rings is 2. The summed E-state index contributed by atoms with van der Waals surface area (Å²) in [4.78, 5) is 18.9. The molecule has 192 valence electrons. The highest BCUT2D eigenvalue weighted by atomic mass is 16.5. The second-order valence-corrected chi connectivity index (χ2v) is 11.9. The van der Waals surface area contributed by atoms with Crippen LogP contribution in [0, 0.1) is 5.41 Å². The molecule has 1 N–H and O–H groups in total. The van der Waals surface area contributed by atoms with Crippen molar-refractivity contribution in [3.63, 3.8) is 0 Å². The molecular formula is C31H41N3O2. The summed E-state index contributed by atoms with van der Waals surface area (Å²) in [5, 5.41) is 3.55. The molecule has 4 aliphatic rings. The number of carbonyl (C=O) groups excluding carboxylic acids is 1. The molecule has 2 unspecified atom stereocenters. The van der Waals surface area contributed by atoms with Gasteiger partial charge in [0.1, 0.15) is 5.75 Å². The normalized spacial score (nSPS) is 26.4. The number of amides is 1. The average Bonchev–Trinajstić information content (AvgIpc) is 2.91. The van der Waals surface area contributed by atoms with Crippen molar-refractivity contribution in [3.8, 4) is 5.75 Å². The minimum Gasteiger partial charge on any atom is -0.493 e. The van der Waals surface area contributed by atoms with Gasteiger partial charge in [-0.2, -0.15) is 0 Å². The van der Waals surface area contributed by atoms with Crippen molar-refractivity contribution in [3.05, 3.63) is 65.2 Å². The molecule has 5 heteroatoms. The molecule has 1 amide bonds. The van der Waals surface area contributed by atoms with E-state index >= 15 is 0 Å². The lowest BCUT2D eigenvalue weighted by Gasteiger charge is -2.57. The van der Waals surface area contributed by atoms with Gasteiger partial charge in [0.25, 0.3) is 0 Å². The molecule has 36 heavy (non-hydrogen) atoms. The Kier molecular flexibility index (Phi) is 6.55. The van der Waals surface area contributed by atoms with Gasteiger partial charge < -0.3 is 15.0 Å². The first-order valence-corrected chi connectivity index (χ1v) is 14.1. The Morgan fingerprint density at radius 1 is 1.00 bits per heavy atom. The fraction of sp³-hybridized carbons (Fsp3) is 0.581. The number of hydrogen-bond donors (Lipinski definition) is 1. The number of hydrogen-bond acceptors (Lipinski definition) is 4. The van der Waals surface area contributed by atoms with Crippen LogP contribution >= 0.6 is 0 Å². The maximum Gasteiger partial charge on any atom is 0.230 e. The van der Waals surface area contributed by atoms with Crippen molar-refractivity contribution < 1.29 is 9.53 Å². The molecule has 1 spiro atoms. The van der Waals surface area contributed by atoms with E-state index in [2.05, 4.69) is 59.3 Å². The minimum absolute atomic E-state index is 0.0933. The number of para-hydroxylation sites is 1. The molecular weight excluding hydrogens is 446 g/mol. The lowest BCUT2D eigenvalue weighted by atomic mass is 9.60. The maximum atomic E-state index is 14.0. The molecule has 5 nitrogen and oxygen atoms in total. The van der Waals surface area contributed by atoms with Crippen LogP contribution in [0.25, 0.3) is 0 Å². The summed E-state index contributed by atoms with van der Waals surface area (Å²) in [6.07, 6.45) is 6.03. The standard InChI is InChI=1S/C31H41N3O2/c1-22(2)24-7-3-4-8-25(24)28-21-33(30(35)27-11-18-36-29-10-6-5-9-26(27)29)16-17-34(28)23-19-31(20-23)12-14-32-15-13-31/h3-10,22-23,27-28,32H,11-21H2,1-2H3. The second kappa shape index (κ2) is 9.83. The summed E-state index contributed by atoms with van der Waals surface area (Å²) in [6, 6.07) is 18.0. The first-order valence-electron chi connectivity index (χ1n) is 14.1. The minimum atomic E-state index is -0.0933. The van der Waals surface area contributed by atoms with Gasteiger partial charge in [-0.3, -0.25) is 9.69 Å². The maximum absolute atomic E-state index is 14.0. The van der Waals surface area contributed by atoms with Gasteiger partial charge in [-0.15, -0.1) is 0 Å². The van der Waals surface area contributed by atoms with Gasteiger partial charge in [0.2, 0.25) is 5.91 Å². The third-order valence-electron chi connectivity index (χ3n) is 9.44. The molecule has 2 atom stereocenters. The fourth-order valence-electron chi connectivity index (χ4n) is 7.41. The lowest BCUT2D eigenvalue weighted by Crippen LogP contribution is -2.60. The summed E-state index contributed by atoms with van der Waals surface area (Å²) in [5.41, 5.74) is 4.46. The third kappa shape index (κ3) is 4.35. The molecule has 3 heterocycles. The predicted molar refractivity (Wildman–Crippen MR) is 143 cm³/mol. The second-order valence-electron chi connectivity index (χ2n) is 11.9. The van der Waals surface area contributed by atoms with Crippen molar-refractivity contribution in [2.45, 2.75) is 69.9 Å². The molecule has 2 aromatic rings. The Bertz CT molecular complexity index is 1080. The highest BCUT2D eigenvalue weighted by molar-refractivity contribution is 5.85. The van der Waals surface area contributed by atoms with Gasteiger partial charge in [-0.25, -0.2) is 0 Å². The Labute approximate surface area is 216 Å². The van der Waals surface area contributed by atoms with E-state index in [0.717, 1.165) is 37.4 Å². The topological polar surface area (TPSA) is 44.8 Å². The van der Waals surface area contributed by atoms with Crippen LogP contribution in [0.3, 0.4) is 0 Å². The Morgan fingerprint density at radius 2 is 1.72 bits per heavy atom. The highest BCUT2D eigenvalue weighted by Crippen LogP contribution is 2.52. The highest BCUT2D eigenvalue weighted by Gasteiger charge is 2.49. The van der Waals surface area contributed by atoms with Crippen LogP contribution in [-0.4, -0.2) is 61.1 Å². The average molecular weight is 488 g/mol. The van der Waals surface area contributed by atoms with E-state index in [1.54, 1.807) is 0 Å². The SMILES string of the molecule is CC(C)c1ccccc1C1CN(C(=O)C2CCOc3ccccc32)CCN1C1CC2(CCNCC2)C1. The molecule has 0 aromatic heterocycles. The summed E-state index contributed by atoms with van der Waals surface area (Å²) in [5.74, 6) is 1.53. The Morgan fingerprint density at radius 3 is 2.50 bits per heavy atom. The van der Waals surface area contributed by atoms with Crippen molar-refractivity contribution in [1.82, 2.24) is 15.1 Å². The number of carbonyl (C=O) groups is 1. The summed E-state index contributed by atoms with van der Waals surface area (Å²) >= 11 is 0. The van der Waals surface area contributed by atoms with E-state index in [1.165, 1.54) is 49.9 Å². The summed E-state index contributed by atoms with van der Waals surface area (Å²) in [7, 11) is 0. The van der Waals surface area contributed by atoms with Crippen molar-refractivity contribution in [2.24, 2.45) is 5.41 Å². The zero-order valence-electron chi connectivity index (χ0n) is 21.9. The largest absolute Gasteiger partial charge is 0.493 e. The summed E-state index contributed by atoms with van der Waals surface area (Å²) < 4.78 is 5.87. The number of rotatable bonds is 4. The first-order chi connectivity index (χ1) is 17.5. The summed E-state index contributed by atoms with van der Waals surface area (Å²) in [6.45, 7) is 10.1. The number of piperidine rings is 1. The number of nitrogens with one attached hydrogen (secondary N) is 1. The van der Waals surface area contributed by atoms with E-state index in [4.69, 9.17) is 4.74 Å². The van der Waals surface area contributed by atoms with Crippen LogP contribution in [0.2, 0.25) is 0 Å². The van der Waals surface area contributed by atoms with Gasteiger partial charge in [0.15, 0.2) is 0 Å². The van der Waals surface area contributed by atoms with E-state index in [-0.39, 0.29) is 17.9 Å². The molecule has 3 fully saturated rings. The monoisotopic (exact) mass is 487 g/mol. The molecule has 2 saturated heterocycles. The lowest BCUT2D eigenvalue weighted by molar-refractivity contribution is -0.139. The Balaban J connectivity index is 1.26. The van der Waals surface area contributed by atoms with Crippen LogP contribution in [0.15, 0.2) is 48.5 Å². The number of piperazine rings is 1. The number of nitrogens with zero attached hydrogens (tertiary/aromatic N) is 2. The van der Waals surface area contributed by atoms with Crippen LogP contribution in [-0.2, 0) is 4.79 Å².